The van der Waals surface area contributed by atoms with Gasteiger partial charge in [-0.25, -0.2) is 0 Å². The Hall–Kier alpha value is -1.13. The predicted molar refractivity (Wildman–Crippen MR) is 75.9 cm³/mol. The summed E-state index contributed by atoms with van der Waals surface area (Å²) in [6, 6.07) is 7.97. The van der Waals surface area contributed by atoms with Gasteiger partial charge in [0.2, 0.25) is 5.91 Å². The van der Waals surface area contributed by atoms with Gasteiger partial charge in [-0.1, -0.05) is 40.2 Å². The fraction of sp³-hybridized carbons (Fsp3) is 0.357. The van der Waals surface area contributed by atoms with E-state index in [-0.39, 0.29) is 23.9 Å². The maximum Gasteiger partial charge on any atom is 0.227 e. The molecule has 4 heteroatoms. The van der Waals surface area contributed by atoms with Crippen molar-refractivity contribution in [3.05, 3.63) is 46.5 Å². The lowest BCUT2D eigenvalue weighted by Gasteiger charge is -2.17. The number of nitrogens with two attached hydrogens (primary N) is 1. The summed E-state index contributed by atoms with van der Waals surface area (Å²) in [5, 5.41) is 3.02. The highest BCUT2D eigenvalue weighted by atomic mass is 79.9. The Kier molecular flexibility index (Phi) is 4.19. The van der Waals surface area contributed by atoms with Gasteiger partial charge in [-0.05, 0) is 31.0 Å². The monoisotopic (exact) mass is 308 g/mol. The summed E-state index contributed by atoms with van der Waals surface area (Å²) >= 11 is 3.43. The Morgan fingerprint density at radius 2 is 2.28 bits per heavy atom. The topological polar surface area (TPSA) is 55.1 Å². The van der Waals surface area contributed by atoms with Crippen LogP contribution in [-0.4, -0.2) is 11.9 Å². The molecule has 0 saturated carbocycles. The van der Waals surface area contributed by atoms with E-state index in [1.165, 1.54) is 0 Å². The molecule has 96 valence electrons. The largest absolute Gasteiger partial charge is 0.349 e. The number of carbonyl (C=O) groups excluding carboxylic acids is 1. The molecule has 0 radical (unpaired) electrons. The minimum atomic E-state index is -0.0883. The Balaban J connectivity index is 1.97. The quantitative estimate of drug-likeness (QED) is 0.843. The number of carbonyl (C=O) groups is 1. The van der Waals surface area contributed by atoms with Gasteiger partial charge in [0, 0.05) is 10.5 Å². The zero-order valence-corrected chi connectivity index (χ0v) is 11.9. The number of halogens is 1. The fourth-order valence-corrected chi connectivity index (χ4v) is 2.52. The molecule has 0 aromatic heterocycles. The second-order valence-corrected chi connectivity index (χ2v) is 5.59. The highest BCUT2D eigenvalue weighted by Crippen LogP contribution is 2.21. The molecule has 1 aromatic carbocycles. The average molecular weight is 309 g/mol. The van der Waals surface area contributed by atoms with Gasteiger partial charge in [0.05, 0.1) is 12.0 Å². The molecule has 3 N–H and O–H groups in total. The molecular formula is C14H17BrN2O. The van der Waals surface area contributed by atoms with E-state index >= 15 is 0 Å². The summed E-state index contributed by atoms with van der Waals surface area (Å²) in [4.78, 5) is 12.0. The Morgan fingerprint density at radius 3 is 2.89 bits per heavy atom. The third-order valence-electron chi connectivity index (χ3n) is 3.16. The maximum atomic E-state index is 12.0. The van der Waals surface area contributed by atoms with E-state index < -0.39 is 0 Å². The molecule has 3 nitrogen and oxygen atoms in total. The van der Waals surface area contributed by atoms with Gasteiger partial charge in [0.25, 0.3) is 0 Å². The standard InChI is InChI=1S/C14H17BrN2O/c1-9(10-3-2-4-12(15)7-10)17-14(18)11-5-6-13(16)8-11/h2-7,9,11,13H,8,16H2,1H3,(H,17,18)/t9-,11?,13?/m1/s1. The molecule has 3 atom stereocenters. The molecule has 1 amide bonds. The number of hydrogen-bond donors (Lipinski definition) is 2. The first-order valence-electron chi connectivity index (χ1n) is 6.06. The van der Waals surface area contributed by atoms with E-state index in [4.69, 9.17) is 5.73 Å². The minimum absolute atomic E-state index is 0.000208. The van der Waals surface area contributed by atoms with Gasteiger partial charge < -0.3 is 11.1 Å². The van der Waals surface area contributed by atoms with Crippen molar-refractivity contribution in [3.8, 4) is 0 Å². The van der Waals surface area contributed by atoms with Gasteiger partial charge in [0.1, 0.15) is 0 Å². The maximum absolute atomic E-state index is 12.0. The Labute approximate surface area is 116 Å². The molecule has 0 heterocycles. The predicted octanol–water partition coefficient (Wildman–Crippen LogP) is 2.53. The van der Waals surface area contributed by atoms with E-state index in [9.17, 15) is 4.79 Å². The second kappa shape index (κ2) is 5.67. The first kappa shape index (κ1) is 13.3. The summed E-state index contributed by atoms with van der Waals surface area (Å²) in [6.45, 7) is 1.98. The molecule has 18 heavy (non-hydrogen) atoms. The first-order valence-corrected chi connectivity index (χ1v) is 6.85. The third-order valence-corrected chi connectivity index (χ3v) is 3.65. The van der Waals surface area contributed by atoms with E-state index in [1.807, 2.05) is 43.3 Å². The second-order valence-electron chi connectivity index (χ2n) is 4.68. The normalized spacial score (nSPS) is 23.9. The van der Waals surface area contributed by atoms with E-state index in [2.05, 4.69) is 21.2 Å². The van der Waals surface area contributed by atoms with Crippen LogP contribution in [0.5, 0.6) is 0 Å². The minimum Gasteiger partial charge on any atom is -0.349 e. The first-order chi connectivity index (χ1) is 8.56. The fourth-order valence-electron chi connectivity index (χ4n) is 2.10. The van der Waals surface area contributed by atoms with Crippen LogP contribution in [-0.2, 0) is 4.79 Å². The smallest absolute Gasteiger partial charge is 0.227 e. The molecular weight excluding hydrogens is 292 g/mol. The Morgan fingerprint density at radius 1 is 1.50 bits per heavy atom. The van der Waals surface area contributed by atoms with Gasteiger partial charge in [0.15, 0.2) is 0 Å². The molecule has 2 rings (SSSR count). The van der Waals surface area contributed by atoms with Gasteiger partial charge in [-0.15, -0.1) is 0 Å². The molecule has 0 saturated heterocycles. The Bertz CT molecular complexity index is 473. The van der Waals surface area contributed by atoms with Crippen molar-refractivity contribution in [2.24, 2.45) is 11.7 Å². The SMILES string of the molecule is C[C@@H](NC(=O)C1C=CC(N)C1)c1cccc(Br)c1. The third kappa shape index (κ3) is 3.21. The van der Waals surface area contributed by atoms with Crippen LogP contribution in [0.15, 0.2) is 40.9 Å². The lowest BCUT2D eigenvalue weighted by atomic mass is 10.0. The van der Waals surface area contributed by atoms with Gasteiger partial charge >= 0.3 is 0 Å². The van der Waals surface area contributed by atoms with Crippen molar-refractivity contribution >= 4 is 21.8 Å². The van der Waals surface area contributed by atoms with E-state index in [1.54, 1.807) is 0 Å². The summed E-state index contributed by atoms with van der Waals surface area (Å²) in [7, 11) is 0. The lowest BCUT2D eigenvalue weighted by Crippen LogP contribution is -2.32. The van der Waals surface area contributed by atoms with E-state index in [0.717, 1.165) is 10.0 Å². The molecule has 0 aliphatic heterocycles. The summed E-state index contributed by atoms with van der Waals surface area (Å²) < 4.78 is 1.02. The average Bonchev–Trinajstić information content (AvgIpc) is 2.76. The van der Waals surface area contributed by atoms with Crippen molar-refractivity contribution in [2.75, 3.05) is 0 Å². The summed E-state index contributed by atoms with van der Waals surface area (Å²) in [5.41, 5.74) is 6.84. The van der Waals surface area contributed by atoms with Crippen LogP contribution >= 0.6 is 15.9 Å². The van der Waals surface area contributed by atoms with Crippen molar-refractivity contribution in [3.63, 3.8) is 0 Å². The van der Waals surface area contributed by atoms with Crippen LogP contribution < -0.4 is 11.1 Å². The summed E-state index contributed by atoms with van der Waals surface area (Å²) in [6.07, 6.45) is 4.50. The zero-order chi connectivity index (χ0) is 13.1. The van der Waals surface area contributed by atoms with Crippen molar-refractivity contribution in [1.29, 1.82) is 0 Å². The van der Waals surface area contributed by atoms with E-state index in [0.29, 0.717) is 6.42 Å². The van der Waals surface area contributed by atoms with Crippen LogP contribution in [0, 0.1) is 5.92 Å². The zero-order valence-electron chi connectivity index (χ0n) is 10.3. The number of nitrogens with one attached hydrogen (secondary N) is 1. The molecule has 2 unspecified atom stereocenters. The molecule has 1 aliphatic rings. The molecule has 1 aliphatic carbocycles. The van der Waals surface area contributed by atoms with Crippen molar-refractivity contribution < 1.29 is 4.79 Å². The highest BCUT2D eigenvalue weighted by Gasteiger charge is 2.23. The molecule has 0 fully saturated rings. The van der Waals surface area contributed by atoms with Crippen LogP contribution in [0.4, 0.5) is 0 Å². The van der Waals surface area contributed by atoms with Crippen LogP contribution in [0.3, 0.4) is 0 Å². The number of hydrogen-bond acceptors (Lipinski definition) is 2. The number of benzene rings is 1. The van der Waals surface area contributed by atoms with Crippen LogP contribution in [0.1, 0.15) is 24.9 Å². The van der Waals surface area contributed by atoms with Crippen molar-refractivity contribution in [1.82, 2.24) is 5.32 Å². The lowest BCUT2D eigenvalue weighted by molar-refractivity contribution is -0.124. The molecule has 0 bridgehead atoms. The van der Waals surface area contributed by atoms with Gasteiger partial charge in [-0.3, -0.25) is 4.79 Å². The molecule has 1 aromatic rings. The van der Waals surface area contributed by atoms with Crippen molar-refractivity contribution in [2.45, 2.75) is 25.4 Å². The van der Waals surface area contributed by atoms with Crippen LogP contribution in [0.25, 0.3) is 0 Å². The number of amides is 1. The molecule has 0 spiro atoms. The van der Waals surface area contributed by atoms with Crippen LogP contribution in [0.2, 0.25) is 0 Å². The van der Waals surface area contributed by atoms with Gasteiger partial charge in [-0.2, -0.15) is 0 Å². The number of rotatable bonds is 3. The summed E-state index contributed by atoms with van der Waals surface area (Å²) in [5.74, 6) is -0.0405. The highest BCUT2D eigenvalue weighted by molar-refractivity contribution is 9.10.